The molecular weight excluding hydrogens is 184 g/mol. The second-order valence-corrected chi connectivity index (χ2v) is 4.64. The number of allylic oxidation sites excluding steroid dienone is 2. The van der Waals surface area contributed by atoms with Crippen LogP contribution in [0.3, 0.4) is 0 Å². The molecule has 0 aliphatic heterocycles. The summed E-state index contributed by atoms with van der Waals surface area (Å²) in [6.45, 7) is 0. The van der Waals surface area contributed by atoms with Crippen LogP contribution >= 0.6 is 0 Å². The first-order valence-corrected chi connectivity index (χ1v) is 6.56. The average Bonchev–Trinajstić information content (AvgIpc) is 2.22. The van der Waals surface area contributed by atoms with Crippen LogP contribution in [0.5, 0.6) is 0 Å². The summed E-state index contributed by atoms with van der Waals surface area (Å²) in [5.74, 6) is 0. The summed E-state index contributed by atoms with van der Waals surface area (Å²) < 4.78 is 0. The van der Waals surface area contributed by atoms with Gasteiger partial charge in [-0.2, -0.15) is 0 Å². The molecule has 1 fully saturated rings. The lowest BCUT2D eigenvalue weighted by Crippen LogP contribution is -1.90. The zero-order chi connectivity index (χ0) is 10.8. The van der Waals surface area contributed by atoms with Crippen LogP contribution in [-0.4, -0.2) is 6.29 Å². The van der Waals surface area contributed by atoms with Crippen molar-refractivity contribution in [3.63, 3.8) is 0 Å². The number of rotatable bonds is 1. The number of carbonyl (C=O) groups is 1. The SMILES string of the molecule is O=CC=C1CCCCCCCCCCC1. The molecule has 0 amide bonds. The van der Waals surface area contributed by atoms with Crippen LogP contribution < -0.4 is 0 Å². The summed E-state index contributed by atoms with van der Waals surface area (Å²) in [4.78, 5) is 10.5. The Bertz CT molecular complexity index is 180. The van der Waals surface area contributed by atoms with Crippen molar-refractivity contribution in [2.24, 2.45) is 0 Å². The highest BCUT2D eigenvalue weighted by Crippen LogP contribution is 2.19. The largest absolute Gasteiger partial charge is 0.299 e. The molecule has 0 aromatic rings. The fourth-order valence-corrected chi connectivity index (χ4v) is 2.33. The van der Waals surface area contributed by atoms with Crippen molar-refractivity contribution in [2.75, 3.05) is 0 Å². The third kappa shape index (κ3) is 6.48. The van der Waals surface area contributed by atoms with Crippen LogP contribution in [0.15, 0.2) is 11.6 Å². The highest BCUT2D eigenvalue weighted by Gasteiger charge is 2.00. The molecule has 0 saturated heterocycles. The molecule has 86 valence electrons. The Morgan fingerprint density at radius 3 is 1.47 bits per heavy atom. The number of carbonyl (C=O) groups excluding carboxylic acids is 1. The second-order valence-electron chi connectivity index (χ2n) is 4.64. The lowest BCUT2D eigenvalue weighted by atomic mass is 9.97. The molecule has 1 rings (SSSR count). The average molecular weight is 208 g/mol. The predicted molar refractivity (Wildman–Crippen MR) is 64.9 cm³/mol. The van der Waals surface area contributed by atoms with Crippen molar-refractivity contribution in [3.8, 4) is 0 Å². The van der Waals surface area contributed by atoms with Crippen LogP contribution in [0.1, 0.15) is 70.6 Å². The summed E-state index contributed by atoms with van der Waals surface area (Å²) in [6.07, 6.45) is 17.3. The summed E-state index contributed by atoms with van der Waals surface area (Å²) in [5, 5.41) is 0. The summed E-state index contributed by atoms with van der Waals surface area (Å²) in [5.41, 5.74) is 1.38. The molecule has 15 heavy (non-hydrogen) atoms. The fraction of sp³-hybridized carbons (Fsp3) is 0.786. The van der Waals surface area contributed by atoms with Gasteiger partial charge < -0.3 is 0 Å². The van der Waals surface area contributed by atoms with Gasteiger partial charge in [-0.25, -0.2) is 0 Å². The van der Waals surface area contributed by atoms with Crippen LogP contribution in [0.25, 0.3) is 0 Å². The zero-order valence-corrected chi connectivity index (χ0v) is 9.84. The maximum absolute atomic E-state index is 10.5. The van der Waals surface area contributed by atoms with Gasteiger partial charge in [0.1, 0.15) is 6.29 Å². The van der Waals surface area contributed by atoms with Gasteiger partial charge in [0.05, 0.1) is 0 Å². The molecule has 1 heteroatoms. The van der Waals surface area contributed by atoms with E-state index < -0.39 is 0 Å². The number of hydrogen-bond acceptors (Lipinski definition) is 1. The first-order chi connectivity index (χ1) is 7.43. The van der Waals surface area contributed by atoms with Gasteiger partial charge in [0.25, 0.3) is 0 Å². The van der Waals surface area contributed by atoms with Crippen molar-refractivity contribution in [3.05, 3.63) is 11.6 Å². The smallest absolute Gasteiger partial charge is 0.142 e. The first kappa shape index (κ1) is 12.5. The Labute approximate surface area is 93.9 Å². The molecule has 0 atom stereocenters. The Morgan fingerprint density at radius 2 is 1.07 bits per heavy atom. The van der Waals surface area contributed by atoms with Gasteiger partial charge in [0.2, 0.25) is 0 Å². The van der Waals surface area contributed by atoms with Gasteiger partial charge in [-0.15, -0.1) is 0 Å². The minimum atomic E-state index is 0.960. The van der Waals surface area contributed by atoms with Gasteiger partial charge in [0.15, 0.2) is 0 Å². The standard InChI is InChI=1S/C14H24O/c15-13-12-14-10-8-6-4-2-1-3-5-7-9-11-14/h12-13H,1-11H2. The number of aldehydes is 1. The van der Waals surface area contributed by atoms with Crippen molar-refractivity contribution in [1.82, 2.24) is 0 Å². The molecule has 0 heterocycles. The van der Waals surface area contributed by atoms with Crippen molar-refractivity contribution >= 4 is 6.29 Å². The molecule has 0 radical (unpaired) electrons. The highest BCUT2D eigenvalue weighted by molar-refractivity contribution is 5.66. The van der Waals surface area contributed by atoms with Crippen LogP contribution in [0, 0.1) is 0 Å². The quantitative estimate of drug-likeness (QED) is 0.460. The third-order valence-electron chi connectivity index (χ3n) is 3.30. The van der Waals surface area contributed by atoms with Gasteiger partial charge >= 0.3 is 0 Å². The summed E-state index contributed by atoms with van der Waals surface area (Å²) in [6, 6.07) is 0. The van der Waals surface area contributed by atoms with E-state index in [1.165, 1.54) is 63.4 Å². The van der Waals surface area contributed by atoms with E-state index in [1.54, 1.807) is 6.08 Å². The minimum Gasteiger partial charge on any atom is -0.299 e. The van der Waals surface area contributed by atoms with Gasteiger partial charge in [-0.3, -0.25) is 4.79 Å². The van der Waals surface area contributed by atoms with E-state index in [-0.39, 0.29) is 0 Å². The second kappa shape index (κ2) is 8.70. The molecule has 0 spiro atoms. The molecule has 0 aromatic heterocycles. The van der Waals surface area contributed by atoms with Crippen molar-refractivity contribution in [2.45, 2.75) is 70.6 Å². The van der Waals surface area contributed by atoms with Gasteiger partial charge in [-0.05, 0) is 31.8 Å². The Balaban J connectivity index is 2.31. The van der Waals surface area contributed by atoms with E-state index in [0.29, 0.717) is 0 Å². The molecule has 0 unspecified atom stereocenters. The molecule has 1 saturated carbocycles. The fourth-order valence-electron chi connectivity index (χ4n) is 2.33. The molecule has 0 N–H and O–H groups in total. The normalized spacial score (nSPS) is 21.2. The molecule has 0 bridgehead atoms. The van der Waals surface area contributed by atoms with Crippen molar-refractivity contribution in [1.29, 1.82) is 0 Å². The highest BCUT2D eigenvalue weighted by atomic mass is 16.1. The monoisotopic (exact) mass is 208 g/mol. The van der Waals surface area contributed by atoms with E-state index in [0.717, 1.165) is 19.1 Å². The van der Waals surface area contributed by atoms with Crippen LogP contribution in [-0.2, 0) is 4.79 Å². The molecule has 1 aliphatic carbocycles. The molecule has 1 aliphatic rings. The predicted octanol–water partition coefficient (Wildman–Crippen LogP) is 4.42. The molecule has 0 aromatic carbocycles. The van der Waals surface area contributed by atoms with Crippen LogP contribution in [0.4, 0.5) is 0 Å². The lowest BCUT2D eigenvalue weighted by molar-refractivity contribution is -0.104. The van der Waals surface area contributed by atoms with Gasteiger partial charge in [0, 0.05) is 0 Å². The van der Waals surface area contributed by atoms with Crippen molar-refractivity contribution < 1.29 is 4.79 Å². The van der Waals surface area contributed by atoms with E-state index in [9.17, 15) is 4.79 Å². The Kier molecular flexibility index (Phi) is 7.24. The van der Waals surface area contributed by atoms with E-state index in [4.69, 9.17) is 0 Å². The Morgan fingerprint density at radius 1 is 0.667 bits per heavy atom. The Hall–Kier alpha value is -0.590. The third-order valence-corrected chi connectivity index (χ3v) is 3.30. The molecule has 1 nitrogen and oxygen atoms in total. The summed E-state index contributed by atoms with van der Waals surface area (Å²) >= 11 is 0. The van der Waals surface area contributed by atoms with E-state index in [1.807, 2.05) is 0 Å². The first-order valence-electron chi connectivity index (χ1n) is 6.56. The molecular formula is C14H24O. The van der Waals surface area contributed by atoms with E-state index in [2.05, 4.69) is 0 Å². The van der Waals surface area contributed by atoms with E-state index >= 15 is 0 Å². The zero-order valence-electron chi connectivity index (χ0n) is 9.84. The topological polar surface area (TPSA) is 17.1 Å². The van der Waals surface area contributed by atoms with Crippen LogP contribution in [0.2, 0.25) is 0 Å². The maximum atomic E-state index is 10.5. The minimum absolute atomic E-state index is 0.960. The van der Waals surface area contributed by atoms with Gasteiger partial charge in [-0.1, -0.05) is 50.5 Å². The lowest BCUT2D eigenvalue weighted by Gasteiger charge is -2.09. The maximum Gasteiger partial charge on any atom is 0.142 e. The summed E-state index contributed by atoms with van der Waals surface area (Å²) in [7, 11) is 0. The number of hydrogen-bond donors (Lipinski definition) is 0.